The summed E-state index contributed by atoms with van der Waals surface area (Å²) in [5, 5.41) is 3.91. The molecule has 21 heavy (non-hydrogen) atoms. The first-order valence-electron chi connectivity index (χ1n) is 7.06. The molecule has 1 fully saturated rings. The van der Waals surface area contributed by atoms with E-state index in [4.69, 9.17) is 16.3 Å². The third-order valence-corrected chi connectivity index (χ3v) is 3.81. The van der Waals surface area contributed by atoms with Crippen LogP contribution in [0.3, 0.4) is 0 Å². The van der Waals surface area contributed by atoms with Crippen molar-refractivity contribution in [2.75, 3.05) is 25.1 Å². The molecule has 2 aromatic heterocycles. The van der Waals surface area contributed by atoms with Gasteiger partial charge in [-0.15, -0.1) is 0 Å². The van der Waals surface area contributed by atoms with E-state index in [0.29, 0.717) is 10.9 Å². The predicted octanol–water partition coefficient (Wildman–Crippen LogP) is 3.03. The van der Waals surface area contributed by atoms with E-state index < -0.39 is 0 Å². The summed E-state index contributed by atoms with van der Waals surface area (Å²) < 4.78 is 5.48. The van der Waals surface area contributed by atoms with Crippen LogP contribution in [0.2, 0.25) is 5.02 Å². The number of rotatable bonds is 4. The number of anilines is 1. The summed E-state index contributed by atoms with van der Waals surface area (Å²) in [4.78, 5) is 12.8. The van der Waals surface area contributed by atoms with Crippen LogP contribution in [0.4, 0.5) is 5.82 Å². The van der Waals surface area contributed by atoms with Gasteiger partial charge in [0.05, 0.1) is 29.7 Å². The van der Waals surface area contributed by atoms with Crippen LogP contribution in [0, 0.1) is 5.92 Å². The number of hydrogen-bond acceptors (Lipinski definition) is 5. The molecule has 0 spiro atoms. The highest BCUT2D eigenvalue weighted by Gasteiger charge is 2.14. The van der Waals surface area contributed by atoms with Crippen molar-refractivity contribution in [1.82, 2.24) is 15.0 Å². The van der Waals surface area contributed by atoms with E-state index in [0.717, 1.165) is 43.3 Å². The molecule has 3 rings (SSSR count). The molecule has 1 saturated heterocycles. The number of pyridine rings is 1. The smallest absolute Gasteiger partial charge is 0.145 e. The molecule has 3 heterocycles. The van der Waals surface area contributed by atoms with Crippen molar-refractivity contribution in [2.45, 2.75) is 12.8 Å². The molecular weight excluding hydrogens is 288 g/mol. The van der Waals surface area contributed by atoms with Gasteiger partial charge in [0, 0.05) is 31.1 Å². The first-order chi connectivity index (χ1) is 10.3. The molecule has 0 unspecified atom stereocenters. The molecule has 1 N–H and O–H groups in total. The van der Waals surface area contributed by atoms with Crippen LogP contribution in [0.5, 0.6) is 0 Å². The molecule has 5 nitrogen and oxygen atoms in total. The highest BCUT2D eigenvalue weighted by molar-refractivity contribution is 6.33. The van der Waals surface area contributed by atoms with Crippen molar-refractivity contribution in [2.24, 2.45) is 5.92 Å². The molecule has 0 aliphatic carbocycles. The van der Waals surface area contributed by atoms with Crippen LogP contribution < -0.4 is 5.32 Å². The molecule has 0 aromatic carbocycles. The average molecular weight is 305 g/mol. The SMILES string of the molecule is Clc1cnccc1-c1cncc(NC[C@@H]2CCCOC2)n1. The zero-order chi connectivity index (χ0) is 14.5. The van der Waals surface area contributed by atoms with Crippen LogP contribution >= 0.6 is 11.6 Å². The highest BCUT2D eigenvalue weighted by Crippen LogP contribution is 2.25. The second-order valence-electron chi connectivity index (χ2n) is 5.11. The van der Waals surface area contributed by atoms with Gasteiger partial charge in [0.1, 0.15) is 5.82 Å². The lowest BCUT2D eigenvalue weighted by Crippen LogP contribution is -2.24. The van der Waals surface area contributed by atoms with Crippen LogP contribution in [-0.2, 0) is 4.74 Å². The molecular formula is C15H17ClN4O. The molecule has 1 aliphatic heterocycles. The predicted molar refractivity (Wildman–Crippen MR) is 82.3 cm³/mol. The third kappa shape index (κ3) is 3.68. The van der Waals surface area contributed by atoms with E-state index in [9.17, 15) is 0 Å². The first-order valence-corrected chi connectivity index (χ1v) is 7.44. The van der Waals surface area contributed by atoms with Gasteiger partial charge < -0.3 is 10.1 Å². The largest absolute Gasteiger partial charge is 0.381 e. The van der Waals surface area contributed by atoms with Gasteiger partial charge in [-0.2, -0.15) is 0 Å². The molecule has 1 aliphatic rings. The lowest BCUT2D eigenvalue weighted by Gasteiger charge is -2.22. The van der Waals surface area contributed by atoms with Gasteiger partial charge in [-0.1, -0.05) is 11.6 Å². The summed E-state index contributed by atoms with van der Waals surface area (Å²) >= 11 is 6.14. The fraction of sp³-hybridized carbons (Fsp3) is 0.400. The monoisotopic (exact) mass is 304 g/mol. The van der Waals surface area contributed by atoms with E-state index in [2.05, 4.69) is 20.3 Å². The summed E-state index contributed by atoms with van der Waals surface area (Å²) in [6, 6.07) is 1.84. The Morgan fingerprint density at radius 3 is 3.05 bits per heavy atom. The minimum atomic E-state index is 0.536. The summed E-state index contributed by atoms with van der Waals surface area (Å²) in [7, 11) is 0. The van der Waals surface area contributed by atoms with Crippen LogP contribution in [-0.4, -0.2) is 34.7 Å². The average Bonchev–Trinajstić information content (AvgIpc) is 2.55. The third-order valence-electron chi connectivity index (χ3n) is 3.51. The van der Waals surface area contributed by atoms with Crippen LogP contribution in [0.1, 0.15) is 12.8 Å². The van der Waals surface area contributed by atoms with E-state index in [-0.39, 0.29) is 0 Å². The van der Waals surface area contributed by atoms with E-state index in [1.54, 1.807) is 24.8 Å². The highest BCUT2D eigenvalue weighted by atomic mass is 35.5. The minimum Gasteiger partial charge on any atom is -0.381 e. The lowest BCUT2D eigenvalue weighted by atomic mass is 10.0. The Labute approximate surface area is 128 Å². The number of halogens is 1. The van der Waals surface area contributed by atoms with Crippen molar-refractivity contribution in [3.8, 4) is 11.3 Å². The summed E-state index contributed by atoms with van der Waals surface area (Å²) in [6.45, 7) is 2.55. The summed E-state index contributed by atoms with van der Waals surface area (Å²) in [5.74, 6) is 1.29. The van der Waals surface area contributed by atoms with Crippen LogP contribution in [0.15, 0.2) is 30.9 Å². The van der Waals surface area contributed by atoms with Crippen molar-refractivity contribution in [3.63, 3.8) is 0 Å². The van der Waals surface area contributed by atoms with E-state index in [1.165, 1.54) is 6.42 Å². The zero-order valence-corrected chi connectivity index (χ0v) is 12.4. The van der Waals surface area contributed by atoms with E-state index in [1.807, 2.05) is 6.07 Å². The topological polar surface area (TPSA) is 59.9 Å². The Bertz CT molecular complexity index is 602. The van der Waals surface area contributed by atoms with E-state index >= 15 is 0 Å². The lowest BCUT2D eigenvalue weighted by molar-refractivity contribution is 0.0595. The normalized spacial score (nSPS) is 18.4. The Hall–Kier alpha value is -1.72. The fourth-order valence-electron chi connectivity index (χ4n) is 2.38. The maximum absolute atomic E-state index is 6.14. The molecule has 6 heteroatoms. The molecule has 110 valence electrons. The number of nitrogens with zero attached hydrogens (tertiary/aromatic N) is 3. The second-order valence-corrected chi connectivity index (χ2v) is 5.52. The molecule has 0 saturated carbocycles. The van der Waals surface area contributed by atoms with Gasteiger partial charge in [0.25, 0.3) is 0 Å². The van der Waals surface area contributed by atoms with Gasteiger partial charge in [0.2, 0.25) is 0 Å². The number of aromatic nitrogens is 3. The minimum absolute atomic E-state index is 0.536. The second kappa shape index (κ2) is 6.83. The Kier molecular flexibility index (Phi) is 4.62. The molecule has 0 amide bonds. The van der Waals surface area contributed by atoms with Crippen LogP contribution in [0.25, 0.3) is 11.3 Å². The van der Waals surface area contributed by atoms with Crippen molar-refractivity contribution >= 4 is 17.4 Å². The molecule has 2 aromatic rings. The Morgan fingerprint density at radius 2 is 2.24 bits per heavy atom. The standard InChI is InChI=1S/C15H17ClN4O/c16-13-7-17-4-3-12(13)14-8-18-9-15(20-14)19-6-11-2-1-5-21-10-11/h3-4,7-9,11H,1-2,5-6,10H2,(H,19,20)/t11-/m0/s1. The molecule has 1 atom stereocenters. The first kappa shape index (κ1) is 14.2. The van der Waals surface area contributed by atoms with Gasteiger partial charge in [0.15, 0.2) is 0 Å². The molecule has 0 bridgehead atoms. The summed E-state index contributed by atoms with van der Waals surface area (Å²) in [6.07, 6.45) is 9.06. The fourth-order valence-corrected chi connectivity index (χ4v) is 2.60. The van der Waals surface area contributed by atoms with Gasteiger partial charge in [-0.05, 0) is 24.8 Å². The summed E-state index contributed by atoms with van der Waals surface area (Å²) in [5.41, 5.74) is 1.58. The van der Waals surface area contributed by atoms with Gasteiger partial charge in [-0.25, -0.2) is 4.98 Å². The van der Waals surface area contributed by atoms with Gasteiger partial charge >= 0.3 is 0 Å². The Morgan fingerprint density at radius 1 is 1.29 bits per heavy atom. The molecule has 0 radical (unpaired) electrons. The maximum Gasteiger partial charge on any atom is 0.145 e. The van der Waals surface area contributed by atoms with Crippen molar-refractivity contribution in [1.29, 1.82) is 0 Å². The van der Waals surface area contributed by atoms with Crippen molar-refractivity contribution < 1.29 is 4.74 Å². The van der Waals surface area contributed by atoms with Crippen molar-refractivity contribution in [3.05, 3.63) is 35.9 Å². The quantitative estimate of drug-likeness (QED) is 0.941. The Balaban J connectivity index is 1.70. The number of ether oxygens (including phenoxy) is 1. The maximum atomic E-state index is 6.14. The number of hydrogen-bond donors (Lipinski definition) is 1. The zero-order valence-electron chi connectivity index (χ0n) is 11.6. The van der Waals surface area contributed by atoms with Gasteiger partial charge in [-0.3, -0.25) is 9.97 Å². The number of nitrogens with one attached hydrogen (secondary N) is 1.